The Hall–Kier alpha value is -3.96. The largest absolute Gasteiger partial charge is 0.573 e. The topological polar surface area (TPSA) is 93.4 Å². The van der Waals surface area contributed by atoms with Crippen molar-refractivity contribution >= 4 is 28.4 Å². The monoisotopic (exact) mass is 478 g/mol. The summed E-state index contributed by atoms with van der Waals surface area (Å²) < 4.78 is 58.1. The maximum absolute atomic E-state index is 14.0. The Bertz CT molecular complexity index is 1400. The molecule has 0 saturated carbocycles. The highest BCUT2D eigenvalue weighted by Gasteiger charge is 2.33. The first-order valence-electron chi connectivity index (χ1n) is 10.5. The number of para-hydroxylation sites is 1. The first kappa shape index (κ1) is 21.9. The van der Waals surface area contributed by atoms with Gasteiger partial charge in [-0.2, -0.15) is 4.52 Å². The fourth-order valence-electron chi connectivity index (χ4n) is 3.89. The lowest BCUT2D eigenvalue weighted by atomic mass is 10.1. The molecule has 1 amide bonds. The molecule has 1 fully saturated rings. The molecule has 3 heterocycles. The standard InChI is InChI=1S/C22H18F4N6O2.2H2/c23-12-8-9-17(34-22(24,25)26)14(11-12)18-30-19-13-5-1-2-6-15(13)28-21(32(19)31-18)29-16-7-3-4-10-27-20(16)33;;/h1-2,5-6,8-9,11,16H,3-4,7,10H2,(H,27,33)(H,28,29);2*1H/t16-;;/m1../s1. The summed E-state index contributed by atoms with van der Waals surface area (Å²) in [5.74, 6) is -1.61. The van der Waals surface area contributed by atoms with Crippen molar-refractivity contribution < 1.29 is 29.9 Å². The van der Waals surface area contributed by atoms with E-state index in [0.29, 0.717) is 23.9 Å². The summed E-state index contributed by atoms with van der Waals surface area (Å²) in [5, 5.41) is 10.8. The highest BCUT2D eigenvalue weighted by molar-refractivity contribution is 5.93. The first-order chi connectivity index (χ1) is 16.3. The fourth-order valence-corrected chi connectivity index (χ4v) is 3.89. The molecule has 2 N–H and O–H groups in total. The van der Waals surface area contributed by atoms with E-state index in [0.717, 1.165) is 31.0 Å². The van der Waals surface area contributed by atoms with E-state index in [2.05, 4.69) is 30.4 Å². The zero-order valence-corrected chi connectivity index (χ0v) is 17.6. The van der Waals surface area contributed by atoms with Crippen LogP contribution in [0.2, 0.25) is 0 Å². The number of nitrogens with zero attached hydrogens (tertiary/aromatic N) is 4. The first-order valence-corrected chi connectivity index (χ1v) is 10.5. The molecule has 0 radical (unpaired) electrons. The van der Waals surface area contributed by atoms with Gasteiger partial charge in [-0.15, -0.1) is 18.3 Å². The van der Waals surface area contributed by atoms with Crippen molar-refractivity contribution in [2.24, 2.45) is 0 Å². The quantitative estimate of drug-likeness (QED) is 0.418. The Morgan fingerprint density at radius 1 is 1.15 bits per heavy atom. The summed E-state index contributed by atoms with van der Waals surface area (Å²) >= 11 is 0. The van der Waals surface area contributed by atoms with E-state index >= 15 is 0 Å². The zero-order valence-electron chi connectivity index (χ0n) is 17.6. The lowest BCUT2D eigenvalue weighted by molar-refractivity contribution is -0.274. The van der Waals surface area contributed by atoms with Crippen LogP contribution in [-0.4, -0.2) is 44.4 Å². The number of aromatic nitrogens is 4. The van der Waals surface area contributed by atoms with Crippen LogP contribution < -0.4 is 15.4 Å². The average molecular weight is 478 g/mol. The molecule has 5 rings (SSSR count). The Labute approximate surface area is 192 Å². The van der Waals surface area contributed by atoms with Crippen molar-refractivity contribution in [2.45, 2.75) is 31.7 Å². The smallest absolute Gasteiger partial charge is 0.405 e. The number of ether oxygens (including phenoxy) is 1. The minimum Gasteiger partial charge on any atom is -0.405 e. The normalized spacial score (nSPS) is 16.9. The van der Waals surface area contributed by atoms with Crippen molar-refractivity contribution in [3.63, 3.8) is 0 Å². The number of hydrogen-bond acceptors (Lipinski definition) is 6. The maximum Gasteiger partial charge on any atom is 0.573 e. The number of anilines is 1. The summed E-state index contributed by atoms with van der Waals surface area (Å²) in [4.78, 5) is 21.4. The summed E-state index contributed by atoms with van der Waals surface area (Å²) in [7, 11) is 0. The highest BCUT2D eigenvalue weighted by Crippen LogP contribution is 2.34. The molecule has 0 unspecified atom stereocenters. The summed E-state index contributed by atoms with van der Waals surface area (Å²) in [5.41, 5.74) is 0.541. The van der Waals surface area contributed by atoms with Crippen molar-refractivity contribution in [1.82, 2.24) is 24.9 Å². The molecular weight excluding hydrogens is 456 g/mol. The van der Waals surface area contributed by atoms with E-state index in [1.54, 1.807) is 24.3 Å². The molecule has 0 spiro atoms. The van der Waals surface area contributed by atoms with Gasteiger partial charge < -0.3 is 15.4 Å². The maximum atomic E-state index is 14.0. The van der Waals surface area contributed by atoms with Gasteiger partial charge in [0.2, 0.25) is 11.9 Å². The van der Waals surface area contributed by atoms with Crippen LogP contribution >= 0.6 is 0 Å². The second-order valence-corrected chi connectivity index (χ2v) is 7.80. The molecule has 1 atom stereocenters. The van der Waals surface area contributed by atoms with Crippen molar-refractivity contribution in [3.05, 3.63) is 48.3 Å². The predicted molar refractivity (Wildman–Crippen MR) is 119 cm³/mol. The van der Waals surface area contributed by atoms with E-state index in [1.165, 1.54) is 4.52 Å². The average Bonchev–Trinajstić information content (AvgIpc) is 3.14. The molecule has 2 aromatic heterocycles. The Morgan fingerprint density at radius 2 is 1.97 bits per heavy atom. The lowest BCUT2D eigenvalue weighted by Crippen LogP contribution is -2.38. The van der Waals surface area contributed by atoms with Crippen molar-refractivity contribution in [1.29, 1.82) is 0 Å². The van der Waals surface area contributed by atoms with E-state index in [-0.39, 0.29) is 31.7 Å². The lowest BCUT2D eigenvalue weighted by Gasteiger charge is -2.16. The molecule has 12 heteroatoms. The molecule has 1 aliphatic rings. The molecular formula is C22H22F4N6O2. The van der Waals surface area contributed by atoms with Crippen LogP contribution in [0, 0.1) is 5.82 Å². The third kappa shape index (κ3) is 4.30. The van der Waals surface area contributed by atoms with Gasteiger partial charge in [-0.25, -0.2) is 14.4 Å². The zero-order chi connectivity index (χ0) is 23.9. The Balaban J connectivity index is 0.00000180. The molecule has 1 aliphatic heterocycles. The van der Waals surface area contributed by atoms with Crippen LogP contribution in [-0.2, 0) is 4.79 Å². The number of amides is 1. The van der Waals surface area contributed by atoms with Gasteiger partial charge >= 0.3 is 6.36 Å². The highest BCUT2D eigenvalue weighted by atomic mass is 19.4. The van der Waals surface area contributed by atoms with Gasteiger partial charge in [0.1, 0.15) is 17.6 Å². The number of alkyl halides is 3. The molecule has 1 saturated heterocycles. The van der Waals surface area contributed by atoms with Gasteiger partial charge in [0, 0.05) is 14.8 Å². The van der Waals surface area contributed by atoms with Gasteiger partial charge in [0.15, 0.2) is 11.5 Å². The minimum atomic E-state index is -4.99. The third-order valence-corrected chi connectivity index (χ3v) is 5.43. The van der Waals surface area contributed by atoms with Crippen molar-refractivity contribution in [2.75, 3.05) is 11.9 Å². The summed E-state index contributed by atoms with van der Waals surface area (Å²) in [6.07, 6.45) is -2.76. The van der Waals surface area contributed by atoms with E-state index < -0.39 is 24.0 Å². The van der Waals surface area contributed by atoms with Gasteiger partial charge in [0.25, 0.3) is 0 Å². The second kappa shape index (κ2) is 8.43. The van der Waals surface area contributed by atoms with Crippen LogP contribution in [0.5, 0.6) is 5.75 Å². The molecule has 0 bridgehead atoms. The third-order valence-electron chi connectivity index (χ3n) is 5.43. The summed E-state index contributed by atoms with van der Waals surface area (Å²) in [6, 6.07) is 9.02. The molecule has 2 aromatic carbocycles. The molecule has 4 aromatic rings. The molecule has 180 valence electrons. The number of nitrogens with one attached hydrogen (secondary N) is 2. The number of carbonyl (C=O) groups excluding carboxylic acids is 1. The van der Waals surface area contributed by atoms with Crippen molar-refractivity contribution in [3.8, 4) is 17.1 Å². The Morgan fingerprint density at radius 3 is 2.79 bits per heavy atom. The van der Waals surface area contributed by atoms with E-state index in [1.807, 2.05) is 0 Å². The van der Waals surface area contributed by atoms with Crippen LogP contribution in [0.25, 0.3) is 27.9 Å². The number of fused-ring (bicyclic) bond motifs is 3. The fraction of sp³-hybridized carbons (Fsp3) is 0.273. The van der Waals surface area contributed by atoms with Gasteiger partial charge in [-0.05, 0) is 49.6 Å². The van der Waals surface area contributed by atoms with Gasteiger partial charge in [-0.3, -0.25) is 4.79 Å². The molecule has 8 nitrogen and oxygen atoms in total. The molecule has 34 heavy (non-hydrogen) atoms. The number of hydrogen-bond donors (Lipinski definition) is 2. The van der Waals surface area contributed by atoms with Crippen LogP contribution in [0.4, 0.5) is 23.5 Å². The molecule has 0 aliphatic carbocycles. The summed E-state index contributed by atoms with van der Waals surface area (Å²) in [6.45, 7) is 0.576. The van der Waals surface area contributed by atoms with E-state index in [4.69, 9.17) is 0 Å². The van der Waals surface area contributed by atoms with Crippen LogP contribution in [0.3, 0.4) is 0 Å². The van der Waals surface area contributed by atoms with Gasteiger partial charge in [0.05, 0.1) is 11.1 Å². The second-order valence-electron chi connectivity index (χ2n) is 7.80. The SMILES string of the molecule is O=C1NCCCC[C@H]1Nc1nc2ccccc2c2nc(-c3cc(F)ccc3OC(F)(F)F)nn12.[HH].[HH]. The minimum absolute atomic E-state index is 0. The number of carbonyl (C=O) groups is 1. The number of halogens is 4. The predicted octanol–water partition coefficient (Wildman–Crippen LogP) is 4.55. The van der Waals surface area contributed by atoms with Gasteiger partial charge in [-0.1, -0.05) is 12.1 Å². The number of rotatable bonds is 4. The van der Waals surface area contributed by atoms with Crippen LogP contribution in [0.1, 0.15) is 22.1 Å². The van der Waals surface area contributed by atoms with Crippen LogP contribution in [0.15, 0.2) is 42.5 Å². The Kier molecular flexibility index (Phi) is 5.42. The number of benzene rings is 2. The van der Waals surface area contributed by atoms with E-state index in [9.17, 15) is 22.4 Å².